The Labute approximate surface area is 342 Å². The van der Waals surface area contributed by atoms with Crippen LogP contribution in [0.3, 0.4) is 0 Å². The standard InChI is InChI=1S/C40H66O7S.K/c1-3-5-7-9-11-13-15-17-19-21-23-25-27-29-34-46-39(41)36-32-31-33-37(48(43,44)45)38(36)40(42)47-35-30-28-26-24-22-20-18-16-14-12-10-8-6-4-2;/h15-18,31-33H,3-14,19-30,34-35H2,1-2H3,(H,43,44,45);/q;+1/p-1/b17-15+,18-16+;. The number of hydrogen-bond donors (Lipinski definition) is 0. The third-order valence-corrected chi connectivity index (χ3v) is 9.38. The molecule has 274 valence electrons. The number of carbonyl (C=O) groups is 2. The van der Waals surface area contributed by atoms with Crippen molar-refractivity contribution in [3.63, 3.8) is 0 Å². The largest absolute Gasteiger partial charge is 1.00 e. The molecule has 0 saturated heterocycles. The van der Waals surface area contributed by atoms with Gasteiger partial charge in [0.25, 0.3) is 0 Å². The molecule has 7 nitrogen and oxygen atoms in total. The minimum Gasteiger partial charge on any atom is -0.744 e. The number of unbranched alkanes of at least 4 members (excludes halogenated alkanes) is 20. The van der Waals surface area contributed by atoms with Crippen LogP contribution in [0.15, 0.2) is 47.4 Å². The van der Waals surface area contributed by atoms with Crippen LogP contribution in [0.2, 0.25) is 0 Å². The number of benzene rings is 1. The Balaban J connectivity index is 0.0000230. The second kappa shape index (κ2) is 33.1. The van der Waals surface area contributed by atoms with Crippen molar-refractivity contribution in [3.05, 3.63) is 53.6 Å². The normalized spacial score (nSPS) is 11.7. The van der Waals surface area contributed by atoms with Gasteiger partial charge in [0.1, 0.15) is 10.1 Å². The summed E-state index contributed by atoms with van der Waals surface area (Å²) in [6, 6.07) is 3.59. The van der Waals surface area contributed by atoms with Gasteiger partial charge in [-0.1, -0.05) is 134 Å². The van der Waals surface area contributed by atoms with Crippen LogP contribution in [-0.2, 0) is 19.6 Å². The van der Waals surface area contributed by atoms with Gasteiger partial charge in [-0.3, -0.25) is 0 Å². The van der Waals surface area contributed by atoms with E-state index in [1.165, 1.54) is 76.3 Å². The number of hydrogen-bond acceptors (Lipinski definition) is 7. The number of rotatable bonds is 31. The van der Waals surface area contributed by atoms with E-state index in [0.717, 1.165) is 83.1 Å². The van der Waals surface area contributed by atoms with Crippen molar-refractivity contribution < 1.29 is 83.4 Å². The van der Waals surface area contributed by atoms with Crippen LogP contribution in [0.4, 0.5) is 0 Å². The molecule has 9 heteroatoms. The number of carbonyl (C=O) groups excluding carboxylic acids is 2. The van der Waals surface area contributed by atoms with E-state index in [4.69, 9.17) is 9.47 Å². The summed E-state index contributed by atoms with van der Waals surface area (Å²) >= 11 is 0. The van der Waals surface area contributed by atoms with Crippen molar-refractivity contribution >= 4 is 22.1 Å². The van der Waals surface area contributed by atoms with E-state index in [1.54, 1.807) is 0 Å². The van der Waals surface area contributed by atoms with Crippen LogP contribution >= 0.6 is 0 Å². The van der Waals surface area contributed by atoms with Crippen molar-refractivity contribution in [1.29, 1.82) is 0 Å². The molecule has 0 radical (unpaired) electrons. The summed E-state index contributed by atoms with van der Waals surface area (Å²) in [6.07, 6.45) is 36.1. The molecule has 0 unspecified atom stereocenters. The van der Waals surface area contributed by atoms with Gasteiger partial charge in [-0.15, -0.1) is 0 Å². The molecule has 0 spiro atoms. The van der Waals surface area contributed by atoms with E-state index in [1.807, 2.05) is 0 Å². The minimum absolute atomic E-state index is 0. The quantitative estimate of drug-likeness (QED) is 0.0248. The zero-order valence-corrected chi connectivity index (χ0v) is 35.1. The molecule has 1 aromatic carbocycles. The van der Waals surface area contributed by atoms with E-state index < -0.39 is 32.5 Å². The Bertz CT molecular complexity index is 1150. The van der Waals surface area contributed by atoms with Crippen LogP contribution in [-0.4, -0.2) is 38.1 Å². The molecule has 0 N–H and O–H groups in total. The summed E-state index contributed by atoms with van der Waals surface area (Å²) in [5, 5.41) is 0. The molecule has 0 aliphatic carbocycles. The Morgan fingerprint density at radius 1 is 0.571 bits per heavy atom. The molecule has 0 aromatic heterocycles. The van der Waals surface area contributed by atoms with Crippen LogP contribution in [0.25, 0.3) is 0 Å². The monoisotopic (exact) mass is 728 g/mol. The van der Waals surface area contributed by atoms with Gasteiger partial charge in [-0.25, -0.2) is 18.0 Å². The maximum absolute atomic E-state index is 12.9. The third-order valence-electron chi connectivity index (χ3n) is 8.50. The fourth-order valence-electron chi connectivity index (χ4n) is 5.59. The molecule has 0 saturated carbocycles. The van der Waals surface area contributed by atoms with E-state index in [9.17, 15) is 22.6 Å². The van der Waals surface area contributed by atoms with E-state index in [2.05, 4.69) is 38.2 Å². The average Bonchev–Trinajstić information content (AvgIpc) is 3.07. The van der Waals surface area contributed by atoms with Crippen LogP contribution < -0.4 is 51.4 Å². The maximum Gasteiger partial charge on any atom is 1.00 e. The van der Waals surface area contributed by atoms with Crippen molar-refractivity contribution in [2.45, 2.75) is 173 Å². The predicted octanol–water partition coefficient (Wildman–Crippen LogP) is 8.42. The van der Waals surface area contributed by atoms with Gasteiger partial charge in [0.2, 0.25) is 0 Å². The fraction of sp³-hybridized carbons (Fsp3) is 0.700. The first kappa shape index (κ1) is 48.2. The smallest absolute Gasteiger partial charge is 0.744 e. The Kier molecular flexibility index (Phi) is 32.5. The van der Waals surface area contributed by atoms with Crippen molar-refractivity contribution in [3.8, 4) is 0 Å². The number of esters is 2. The predicted molar refractivity (Wildman–Crippen MR) is 195 cm³/mol. The summed E-state index contributed by atoms with van der Waals surface area (Å²) in [5.41, 5.74) is -0.799. The second-order valence-electron chi connectivity index (χ2n) is 12.9. The molecule has 0 bridgehead atoms. The second-order valence-corrected chi connectivity index (χ2v) is 14.2. The van der Waals surface area contributed by atoms with Crippen LogP contribution in [0.1, 0.15) is 189 Å². The summed E-state index contributed by atoms with van der Waals surface area (Å²) in [5.74, 6) is -1.83. The first-order valence-corrected chi connectivity index (χ1v) is 20.5. The Hall–Kier alpha value is -0.814. The molecule has 0 aliphatic heterocycles. The molecule has 0 aliphatic rings. The zero-order chi connectivity index (χ0) is 35.1. The number of allylic oxidation sites excluding steroid dienone is 4. The maximum atomic E-state index is 12.9. The molecule has 0 atom stereocenters. The van der Waals surface area contributed by atoms with Crippen LogP contribution in [0, 0.1) is 0 Å². The first-order chi connectivity index (χ1) is 23.3. The van der Waals surface area contributed by atoms with Gasteiger partial charge in [0, 0.05) is 0 Å². The molecule has 0 fully saturated rings. The molecule has 1 rings (SSSR count). The van der Waals surface area contributed by atoms with E-state index in [0.29, 0.717) is 12.8 Å². The average molecular weight is 729 g/mol. The van der Waals surface area contributed by atoms with Gasteiger partial charge >= 0.3 is 63.3 Å². The summed E-state index contributed by atoms with van der Waals surface area (Å²) in [7, 11) is -5.01. The van der Waals surface area contributed by atoms with E-state index >= 15 is 0 Å². The topological polar surface area (TPSA) is 110 Å². The molecule has 0 amide bonds. The van der Waals surface area contributed by atoms with Gasteiger partial charge < -0.3 is 14.0 Å². The molecule has 49 heavy (non-hydrogen) atoms. The van der Waals surface area contributed by atoms with Gasteiger partial charge in [-0.2, -0.15) is 0 Å². The Morgan fingerprint density at radius 3 is 1.35 bits per heavy atom. The summed E-state index contributed by atoms with van der Waals surface area (Å²) in [6.45, 7) is 4.69. The SMILES string of the molecule is CCCCCCC/C=C/CCCCCCCOC(=O)c1cccc(S(=O)(=O)[O-])c1C(=O)OCCCCCCC/C=C/CCCCCCC.[K+]. The van der Waals surface area contributed by atoms with Gasteiger partial charge in [-0.05, 0) is 76.3 Å². The molecular formula is C40H65KO7S. The van der Waals surface area contributed by atoms with E-state index in [-0.39, 0.29) is 70.2 Å². The van der Waals surface area contributed by atoms with Gasteiger partial charge in [0.15, 0.2) is 0 Å². The van der Waals surface area contributed by atoms with Crippen molar-refractivity contribution in [1.82, 2.24) is 0 Å². The molecule has 0 heterocycles. The first-order valence-electron chi connectivity index (χ1n) is 19.1. The summed E-state index contributed by atoms with van der Waals surface area (Å²) < 4.78 is 46.5. The Morgan fingerprint density at radius 2 is 0.939 bits per heavy atom. The molecule has 1 aromatic rings. The van der Waals surface area contributed by atoms with Crippen molar-refractivity contribution in [2.24, 2.45) is 0 Å². The summed E-state index contributed by atoms with van der Waals surface area (Å²) in [4.78, 5) is 25.0. The van der Waals surface area contributed by atoms with Gasteiger partial charge in [0.05, 0.1) is 29.2 Å². The fourth-order valence-corrected chi connectivity index (χ4v) is 6.28. The molecular weight excluding hydrogens is 664 g/mol. The third kappa shape index (κ3) is 25.7. The number of ether oxygens (including phenoxy) is 2. The van der Waals surface area contributed by atoms with Crippen molar-refractivity contribution in [2.75, 3.05) is 13.2 Å². The van der Waals surface area contributed by atoms with Crippen LogP contribution in [0.5, 0.6) is 0 Å². The minimum atomic E-state index is -5.01. The zero-order valence-electron chi connectivity index (χ0n) is 31.2.